The molecule has 0 radical (unpaired) electrons. The zero-order valence-corrected chi connectivity index (χ0v) is 17.3. The maximum atomic E-state index is 13.9. The van der Waals surface area contributed by atoms with Crippen LogP contribution in [-0.4, -0.2) is 29.0 Å². The number of nitrogens with two attached hydrogens (primary N) is 1. The fraction of sp³-hybridized carbons (Fsp3) is 0.273. The van der Waals surface area contributed by atoms with Gasteiger partial charge in [-0.15, -0.1) is 0 Å². The van der Waals surface area contributed by atoms with Crippen LogP contribution in [0.5, 0.6) is 0 Å². The Morgan fingerprint density at radius 2 is 2.00 bits per heavy atom. The summed E-state index contributed by atoms with van der Waals surface area (Å²) in [6, 6.07) is 11.7. The topological polar surface area (TPSA) is 67.1 Å². The highest BCUT2D eigenvalue weighted by molar-refractivity contribution is 7.97. The maximum absolute atomic E-state index is 13.9. The van der Waals surface area contributed by atoms with E-state index in [1.165, 1.54) is 0 Å². The zero-order valence-electron chi connectivity index (χ0n) is 16.4. The number of nitrogens with one attached hydrogen (secondary N) is 1. The third-order valence-electron chi connectivity index (χ3n) is 5.19. The number of para-hydroxylation sites is 1. The number of pyridine rings is 2. The summed E-state index contributed by atoms with van der Waals surface area (Å²) in [6.07, 6.45) is 3.51. The van der Waals surface area contributed by atoms with Crippen LogP contribution in [0.4, 0.5) is 20.3 Å². The van der Waals surface area contributed by atoms with Crippen LogP contribution in [0.15, 0.2) is 60.3 Å². The lowest BCUT2D eigenvalue weighted by atomic mass is 10.1. The SMILES string of the molecule is C=C(Nc1cncc(SN)c1)c1cc2ccccc2nc1N1CCCC(F)(F)CC1. The van der Waals surface area contributed by atoms with Gasteiger partial charge in [0.15, 0.2) is 0 Å². The molecular formula is C22H23F2N5S. The van der Waals surface area contributed by atoms with Crippen LogP contribution in [0.25, 0.3) is 16.6 Å². The molecule has 156 valence electrons. The van der Waals surface area contributed by atoms with Crippen LogP contribution in [0.1, 0.15) is 24.8 Å². The Morgan fingerprint density at radius 1 is 1.17 bits per heavy atom. The third-order valence-corrected chi connectivity index (χ3v) is 5.69. The van der Waals surface area contributed by atoms with Gasteiger partial charge in [0.25, 0.3) is 0 Å². The van der Waals surface area contributed by atoms with Gasteiger partial charge in [0.2, 0.25) is 5.92 Å². The molecule has 5 nitrogen and oxygen atoms in total. The number of hydrogen-bond acceptors (Lipinski definition) is 6. The second-order valence-corrected chi connectivity index (χ2v) is 8.09. The van der Waals surface area contributed by atoms with Gasteiger partial charge in [0.1, 0.15) is 5.82 Å². The first kappa shape index (κ1) is 20.6. The Balaban J connectivity index is 1.71. The van der Waals surface area contributed by atoms with Crippen LogP contribution in [0, 0.1) is 0 Å². The molecule has 0 aliphatic carbocycles. The van der Waals surface area contributed by atoms with E-state index in [9.17, 15) is 8.78 Å². The van der Waals surface area contributed by atoms with Crippen molar-refractivity contribution in [1.82, 2.24) is 9.97 Å². The monoisotopic (exact) mass is 427 g/mol. The minimum absolute atomic E-state index is 0.0964. The molecule has 0 amide bonds. The lowest BCUT2D eigenvalue weighted by molar-refractivity contribution is -0.0102. The molecule has 0 atom stereocenters. The van der Waals surface area contributed by atoms with E-state index in [0.29, 0.717) is 24.5 Å². The Kier molecular flexibility index (Phi) is 5.87. The molecule has 0 saturated carbocycles. The number of benzene rings is 1. The average Bonchev–Trinajstić information content (AvgIpc) is 2.93. The molecule has 30 heavy (non-hydrogen) atoms. The van der Waals surface area contributed by atoms with Crippen molar-refractivity contribution in [3.8, 4) is 0 Å². The second-order valence-electron chi connectivity index (χ2n) is 7.38. The molecule has 0 bridgehead atoms. The van der Waals surface area contributed by atoms with Crippen LogP contribution < -0.4 is 15.4 Å². The lowest BCUT2D eigenvalue weighted by Crippen LogP contribution is -2.28. The highest BCUT2D eigenvalue weighted by atomic mass is 32.2. The van der Waals surface area contributed by atoms with E-state index in [1.807, 2.05) is 41.3 Å². The summed E-state index contributed by atoms with van der Waals surface area (Å²) in [6.45, 7) is 4.98. The molecule has 3 N–H and O–H groups in total. The molecule has 1 aromatic carbocycles. The normalized spacial score (nSPS) is 16.3. The van der Waals surface area contributed by atoms with Gasteiger partial charge in [-0.3, -0.25) is 10.1 Å². The minimum Gasteiger partial charge on any atom is -0.356 e. The zero-order chi connectivity index (χ0) is 21.1. The number of halogens is 2. The molecule has 1 saturated heterocycles. The van der Waals surface area contributed by atoms with Crippen molar-refractivity contribution in [1.29, 1.82) is 0 Å². The summed E-state index contributed by atoms with van der Waals surface area (Å²) >= 11 is 1.11. The van der Waals surface area contributed by atoms with Gasteiger partial charge in [-0.25, -0.2) is 13.8 Å². The molecule has 3 aromatic rings. The van der Waals surface area contributed by atoms with Gasteiger partial charge in [-0.2, -0.15) is 0 Å². The Labute approximate surface area is 178 Å². The first-order valence-electron chi connectivity index (χ1n) is 9.76. The maximum Gasteiger partial charge on any atom is 0.249 e. The highest BCUT2D eigenvalue weighted by Crippen LogP contribution is 2.34. The van der Waals surface area contributed by atoms with Gasteiger partial charge in [0.05, 0.1) is 17.4 Å². The first-order valence-corrected chi connectivity index (χ1v) is 10.6. The molecule has 1 fully saturated rings. The van der Waals surface area contributed by atoms with Crippen molar-refractivity contribution in [2.45, 2.75) is 30.1 Å². The largest absolute Gasteiger partial charge is 0.356 e. The van der Waals surface area contributed by atoms with E-state index in [4.69, 9.17) is 10.1 Å². The Morgan fingerprint density at radius 3 is 2.83 bits per heavy atom. The summed E-state index contributed by atoms with van der Waals surface area (Å²) in [5, 5.41) is 9.86. The summed E-state index contributed by atoms with van der Waals surface area (Å²) in [5.74, 6) is -1.96. The number of nitrogens with zero attached hydrogens (tertiary/aromatic N) is 3. The van der Waals surface area contributed by atoms with Crippen molar-refractivity contribution in [2.24, 2.45) is 5.14 Å². The molecule has 1 aliphatic rings. The van der Waals surface area contributed by atoms with Gasteiger partial charge in [-0.05, 0) is 36.6 Å². The van der Waals surface area contributed by atoms with Gasteiger partial charge in [0, 0.05) is 53.7 Å². The van der Waals surface area contributed by atoms with E-state index in [0.717, 1.165) is 39.0 Å². The van der Waals surface area contributed by atoms with Crippen LogP contribution in [-0.2, 0) is 0 Å². The standard InChI is InChI=1S/C22H23F2N5S/c1-15(27-17-12-18(30-25)14-26-13-17)19-11-16-5-2-3-6-20(16)28-21(19)29-9-4-7-22(23,24)8-10-29/h2-3,5-6,11-14,27H,1,4,7-10,25H2. The van der Waals surface area contributed by atoms with Crippen LogP contribution in [0.3, 0.4) is 0 Å². The number of anilines is 2. The van der Waals surface area contributed by atoms with Crippen molar-refractivity contribution >= 4 is 40.1 Å². The predicted octanol–water partition coefficient (Wildman–Crippen LogP) is 5.30. The Bertz CT molecular complexity index is 1070. The number of fused-ring (bicyclic) bond motifs is 1. The molecule has 4 rings (SSSR count). The van der Waals surface area contributed by atoms with Crippen molar-refractivity contribution in [3.05, 3.63) is 60.9 Å². The first-order chi connectivity index (χ1) is 14.4. The fourth-order valence-electron chi connectivity index (χ4n) is 3.64. The smallest absolute Gasteiger partial charge is 0.249 e. The predicted molar refractivity (Wildman–Crippen MR) is 120 cm³/mol. The van der Waals surface area contributed by atoms with Crippen molar-refractivity contribution < 1.29 is 8.78 Å². The molecule has 0 spiro atoms. The quantitative estimate of drug-likeness (QED) is 0.539. The van der Waals surface area contributed by atoms with Gasteiger partial charge in [-0.1, -0.05) is 24.8 Å². The summed E-state index contributed by atoms with van der Waals surface area (Å²) in [5.41, 5.74) is 2.98. The molecule has 0 unspecified atom stereocenters. The van der Waals surface area contributed by atoms with Crippen LogP contribution in [0.2, 0.25) is 0 Å². The number of rotatable bonds is 5. The van der Waals surface area contributed by atoms with Crippen molar-refractivity contribution in [3.63, 3.8) is 0 Å². The molecule has 2 aromatic heterocycles. The van der Waals surface area contributed by atoms with E-state index in [2.05, 4.69) is 16.9 Å². The number of aromatic nitrogens is 2. The van der Waals surface area contributed by atoms with Gasteiger partial charge < -0.3 is 10.2 Å². The summed E-state index contributed by atoms with van der Waals surface area (Å²) in [4.78, 5) is 11.8. The highest BCUT2D eigenvalue weighted by Gasteiger charge is 2.32. The molecule has 1 aliphatic heterocycles. The minimum atomic E-state index is -2.63. The van der Waals surface area contributed by atoms with Crippen molar-refractivity contribution in [2.75, 3.05) is 23.3 Å². The molecule has 3 heterocycles. The van der Waals surface area contributed by atoms with Gasteiger partial charge >= 0.3 is 0 Å². The lowest BCUT2D eigenvalue weighted by Gasteiger charge is -2.26. The summed E-state index contributed by atoms with van der Waals surface area (Å²) in [7, 11) is 0. The number of alkyl halides is 2. The van der Waals surface area contributed by atoms with E-state index in [-0.39, 0.29) is 19.4 Å². The molecular weight excluding hydrogens is 404 g/mol. The van der Waals surface area contributed by atoms with Crippen LogP contribution >= 0.6 is 11.9 Å². The van der Waals surface area contributed by atoms with E-state index < -0.39 is 5.92 Å². The average molecular weight is 428 g/mol. The second kappa shape index (κ2) is 8.57. The fourth-order valence-corrected chi connectivity index (χ4v) is 3.95. The number of hydrogen-bond donors (Lipinski definition) is 2. The molecule has 8 heteroatoms. The van der Waals surface area contributed by atoms with E-state index in [1.54, 1.807) is 12.4 Å². The van der Waals surface area contributed by atoms with E-state index >= 15 is 0 Å². The Hall–Kier alpha value is -2.71. The summed E-state index contributed by atoms with van der Waals surface area (Å²) < 4.78 is 27.9. The third kappa shape index (κ3) is 4.55.